The van der Waals surface area contributed by atoms with E-state index in [0.29, 0.717) is 12.1 Å². The molecule has 0 unspecified atom stereocenters. The second-order valence-corrected chi connectivity index (χ2v) is 4.99. The number of imidazole rings is 1. The van der Waals surface area contributed by atoms with Crippen LogP contribution in [0.3, 0.4) is 0 Å². The Morgan fingerprint density at radius 2 is 2.19 bits per heavy atom. The van der Waals surface area contributed by atoms with Crippen molar-refractivity contribution in [2.24, 2.45) is 0 Å². The van der Waals surface area contributed by atoms with Crippen LogP contribution < -0.4 is 10.6 Å². The molecule has 1 aliphatic rings. The number of aromatic nitrogens is 2. The monoisotopic (exact) mass is 284 g/mol. The highest BCUT2D eigenvalue weighted by Crippen LogP contribution is 2.20. The smallest absolute Gasteiger partial charge is 0.287 e. The Morgan fingerprint density at radius 1 is 1.38 bits per heavy atom. The van der Waals surface area contributed by atoms with E-state index in [0.717, 1.165) is 12.8 Å². The van der Waals surface area contributed by atoms with E-state index >= 15 is 0 Å². The second kappa shape index (κ2) is 5.40. The summed E-state index contributed by atoms with van der Waals surface area (Å²) in [5.74, 6) is -0.327. The second-order valence-electron chi connectivity index (χ2n) is 4.99. The first-order valence-corrected chi connectivity index (χ1v) is 6.87. The Balaban J connectivity index is 1.98. The SMILES string of the molecule is C=CCNC(=O)c1nc(C(=O)NC2CC2)n2ccccc12. The van der Waals surface area contributed by atoms with E-state index in [1.807, 2.05) is 6.07 Å². The van der Waals surface area contributed by atoms with Crippen molar-refractivity contribution in [3.8, 4) is 0 Å². The van der Waals surface area contributed by atoms with E-state index in [2.05, 4.69) is 22.2 Å². The van der Waals surface area contributed by atoms with Gasteiger partial charge in [0.1, 0.15) is 0 Å². The summed E-state index contributed by atoms with van der Waals surface area (Å²) in [7, 11) is 0. The molecule has 108 valence electrons. The van der Waals surface area contributed by atoms with Crippen LogP contribution in [-0.2, 0) is 0 Å². The molecular weight excluding hydrogens is 268 g/mol. The van der Waals surface area contributed by atoms with Gasteiger partial charge in [0, 0.05) is 18.8 Å². The standard InChI is InChI=1S/C15H16N4O2/c1-2-8-16-14(20)12-11-5-3-4-9-19(11)13(18-12)15(21)17-10-6-7-10/h2-5,9-10H,1,6-8H2,(H,16,20)(H,17,21). The molecule has 0 bridgehead atoms. The Hall–Kier alpha value is -2.63. The molecule has 6 nitrogen and oxygen atoms in total. The fourth-order valence-electron chi connectivity index (χ4n) is 2.09. The predicted octanol–water partition coefficient (Wildman–Crippen LogP) is 1.14. The van der Waals surface area contributed by atoms with E-state index in [9.17, 15) is 9.59 Å². The van der Waals surface area contributed by atoms with E-state index in [1.165, 1.54) is 0 Å². The van der Waals surface area contributed by atoms with E-state index in [1.54, 1.807) is 28.8 Å². The molecule has 2 aromatic heterocycles. The van der Waals surface area contributed by atoms with Crippen LogP contribution >= 0.6 is 0 Å². The van der Waals surface area contributed by atoms with Crippen molar-refractivity contribution >= 4 is 17.3 Å². The molecule has 0 radical (unpaired) electrons. The van der Waals surface area contributed by atoms with Gasteiger partial charge in [-0.3, -0.25) is 14.0 Å². The Bertz CT molecular complexity index is 716. The number of pyridine rings is 1. The topological polar surface area (TPSA) is 75.5 Å². The largest absolute Gasteiger partial charge is 0.347 e. The van der Waals surface area contributed by atoms with E-state index in [-0.39, 0.29) is 29.4 Å². The van der Waals surface area contributed by atoms with Crippen LogP contribution in [0.15, 0.2) is 37.1 Å². The molecule has 2 heterocycles. The van der Waals surface area contributed by atoms with Gasteiger partial charge in [-0.05, 0) is 25.0 Å². The molecule has 3 rings (SSSR count). The number of hydrogen-bond acceptors (Lipinski definition) is 3. The predicted molar refractivity (Wildman–Crippen MR) is 78.2 cm³/mol. The van der Waals surface area contributed by atoms with Crippen molar-refractivity contribution < 1.29 is 9.59 Å². The maximum Gasteiger partial charge on any atom is 0.287 e. The molecule has 0 aliphatic heterocycles. The van der Waals surface area contributed by atoms with E-state index in [4.69, 9.17) is 0 Å². The van der Waals surface area contributed by atoms with Gasteiger partial charge in [0.25, 0.3) is 11.8 Å². The summed E-state index contributed by atoms with van der Waals surface area (Å²) in [4.78, 5) is 28.6. The summed E-state index contributed by atoms with van der Waals surface area (Å²) in [6.45, 7) is 3.91. The van der Waals surface area contributed by atoms with Crippen LogP contribution in [0.5, 0.6) is 0 Å². The Morgan fingerprint density at radius 3 is 2.90 bits per heavy atom. The van der Waals surface area contributed by atoms with E-state index < -0.39 is 0 Å². The molecule has 6 heteroatoms. The van der Waals surface area contributed by atoms with Gasteiger partial charge in [-0.1, -0.05) is 12.1 Å². The van der Waals surface area contributed by atoms with Crippen LogP contribution in [0.1, 0.15) is 33.9 Å². The fraction of sp³-hybridized carbons (Fsp3) is 0.267. The first-order chi connectivity index (χ1) is 10.2. The molecule has 1 aliphatic carbocycles. The van der Waals surface area contributed by atoms with Crippen molar-refractivity contribution in [3.05, 3.63) is 48.6 Å². The molecule has 2 amide bonds. The summed E-state index contributed by atoms with van der Waals surface area (Å²) in [5.41, 5.74) is 0.860. The molecular formula is C15H16N4O2. The number of fused-ring (bicyclic) bond motifs is 1. The third-order valence-electron chi connectivity index (χ3n) is 3.29. The third kappa shape index (κ3) is 2.65. The maximum absolute atomic E-state index is 12.2. The molecule has 0 saturated heterocycles. The summed E-state index contributed by atoms with van der Waals surface area (Å²) in [6.07, 6.45) is 5.33. The Labute approximate surface area is 121 Å². The average Bonchev–Trinajstić information content (AvgIpc) is 3.22. The molecule has 21 heavy (non-hydrogen) atoms. The normalized spacial score (nSPS) is 13.9. The number of carbonyl (C=O) groups is 2. The van der Waals surface area contributed by atoms with Gasteiger partial charge in [-0.25, -0.2) is 4.98 Å². The lowest BCUT2D eigenvalue weighted by molar-refractivity contribution is 0.0940. The minimum absolute atomic E-state index is 0.237. The lowest BCUT2D eigenvalue weighted by Gasteiger charge is -2.01. The highest BCUT2D eigenvalue weighted by atomic mass is 16.2. The number of carbonyl (C=O) groups excluding carboxylic acids is 2. The maximum atomic E-state index is 12.2. The quantitative estimate of drug-likeness (QED) is 0.809. The number of hydrogen-bond donors (Lipinski definition) is 2. The molecule has 2 aromatic rings. The first kappa shape index (κ1) is 13.4. The summed E-state index contributed by atoms with van der Waals surface area (Å²) >= 11 is 0. The van der Waals surface area contributed by atoms with Crippen molar-refractivity contribution in [1.29, 1.82) is 0 Å². The highest BCUT2D eigenvalue weighted by Gasteiger charge is 2.27. The third-order valence-corrected chi connectivity index (χ3v) is 3.29. The summed E-state index contributed by atoms with van der Waals surface area (Å²) < 4.78 is 1.64. The van der Waals surface area contributed by atoms with Crippen molar-refractivity contribution in [3.63, 3.8) is 0 Å². The first-order valence-electron chi connectivity index (χ1n) is 6.87. The highest BCUT2D eigenvalue weighted by molar-refractivity contribution is 6.02. The van der Waals surface area contributed by atoms with Crippen LogP contribution in [-0.4, -0.2) is 33.8 Å². The molecule has 2 N–H and O–H groups in total. The lowest BCUT2D eigenvalue weighted by Crippen LogP contribution is -2.27. The van der Waals surface area contributed by atoms with Gasteiger partial charge in [-0.15, -0.1) is 6.58 Å². The molecule has 0 aromatic carbocycles. The van der Waals surface area contributed by atoms with Crippen molar-refractivity contribution in [1.82, 2.24) is 20.0 Å². The van der Waals surface area contributed by atoms with Crippen LogP contribution in [0.4, 0.5) is 0 Å². The zero-order valence-electron chi connectivity index (χ0n) is 11.5. The zero-order valence-corrected chi connectivity index (χ0v) is 11.5. The van der Waals surface area contributed by atoms with Crippen LogP contribution in [0, 0.1) is 0 Å². The molecule has 0 spiro atoms. The number of nitrogens with one attached hydrogen (secondary N) is 2. The Kier molecular flexibility index (Phi) is 3.43. The van der Waals surface area contributed by atoms with Crippen LogP contribution in [0.25, 0.3) is 5.52 Å². The van der Waals surface area contributed by atoms with Crippen molar-refractivity contribution in [2.75, 3.05) is 6.54 Å². The molecule has 1 saturated carbocycles. The zero-order chi connectivity index (χ0) is 14.8. The molecule has 1 fully saturated rings. The lowest BCUT2D eigenvalue weighted by atomic mass is 10.3. The minimum atomic E-state index is -0.316. The van der Waals surface area contributed by atoms with Crippen molar-refractivity contribution in [2.45, 2.75) is 18.9 Å². The van der Waals surface area contributed by atoms with Gasteiger partial charge in [-0.2, -0.15) is 0 Å². The van der Waals surface area contributed by atoms with Crippen LogP contribution in [0.2, 0.25) is 0 Å². The van der Waals surface area contributed by atoms with Gasteiger partial charge >= 0.3 is 0 Å². The number of rotatable bonds is 5. The van der Waals surface area contributed by atoms with Gasteiger partial charge < -0.3 is 10.6 Å². The van der Waals surface area contributed by atoms with Gasteiger partial charge in [0.05, 0.1) is 5.52 Å². The summed E-state index contributed by atoms with van der Waals surface area (Å²) in [5, 5.41) is 5.57. The number of nitrogens with zero attached hydrogens (tertiary/aromatic N) is 2. The minimum Gasteiger partial charge on any atom is -0.347 e. The van der Waals surface area contributed by atoms with Gasteiger partial charge in [0.15, 0.2) is 5.69 Å². The fourth-order valence-corrected chi connectivity index (χ4v) is 2.09. The molecule has 0 atom stereocenters. The summed E-state index contributed by atoms with van der Waals surface area (Å²) in [6, 6.07) is 5.62. The average molecular weight is 284 g/mol. The van der Waals surface area contributed by atoms with Gasteiger partial charge in [0.2, 0.25) is 5.82 Å². The number of amides is 2.